The van der Waals surface area contributed by atoms with Crippen molar-refractivity contribution in [2.24, 2.45) is 5.41 Å². The molecule has 0 unspecified atom stereocenters. The van der Waals surface area contributed by atoms with Gasteiger partial charge in [0.15, 0.2) is 0 Å². The molecule has 0 aliphatic carbocycles. The largest absolute Gasteiger partial charge is 0.497 e. The minimum absolute atomic E-state index is 0.0365. The number of rotatable bonds is 5. The lowest BCUT2D eigenvalue weighted by atomic mass is 9.81. The molecular weight excluding hydrogens is 264 g/mol. The van der Waals surface area contributed by atoms with Gasteiger partial charge in [0.1, 0.15) is 5.75 Å². The van der Waals surface area contributed by atoms with E-state index in [9.17, 15) is 4.79 Å². The summed E-state index contributed by atoms with van der Waals surface area (Å²) in [6.07, 6.45) is 5.62. The van der Waals surface area contributed by atoms with E-state index in [0.29, 0.717) is 0 Å². The minimum atomic E-state index is -0.0365. The Morgan fingerprint density at radius 3 is 2.62 bits per heavy atom. The Kier molecular flexibility index (Phi) is 5.39. The van der Waals surface area contributed by atoms with Crippen molar-refractivity contribution in [2.75, 3.05) is 26.7 Å². The summed E-state index contributed by atoms with van der Waals surface area (Å²) in [7, 11) is 1.64. The third-order valence-corrected chi connectivity index (χ3v) is 4.04. The lowest BCUT2D eigenvalue weighted by molar-refractivity contribution is -0.117. The lowest BCUT2D eigenvalue weighted by Crippen LogP contribution is -2.42. The zero-order chi connectivity index (χ0) is 15.1. The van der Waals surface area contributed by atoms with Gasteiger partial charge in [-0.2, -0.15) is 0 Å². The summed E-state index contributed by atoms with van der Waals surface area (Å²) in [6.45, 7) is 5.05. The molecule has 0 saturated carbocycles. The van der Waals surface area contributed by atoms with Gasteiger partial charge in [-0.1, -0.05) is 19.1 Å². The molecule has 0 aromatic heterocycles. The fourth-order valence-corrected chi connectivity index (χ4v) is 2.45. The lowest BCUT2D eigenvalue weighted by Gasteiger charge is -2.33. The van der Waals surface area contributed by atoms with Crippen molar-refractivity contribution >= 4 is 12.0 Å². The fourth-order valence-electron chi connectivity index (χ4n) is 2.45. The van der Waals surface area contributed by atoms with E-state index in [2.05, 4.69) is 17.6 Å². The molecule has 1 aromatic carbocycles. The predicted octanol–water partition coefficient (Wildman–Crippen LogP) is 2.21. The first-order valence-electron chi connectivity index (χ1n) is 7.42. The minimum Gasteiger partial charge on any atom is -0.497 e. The zero-order valence-corrected chi connectivity index (χ0v) is 12.8. The van der Waals surface area contributed by atoms with Crippen molar-refractivity contribution in [1.29, 1.82) is 0 Å². The summed E-state index contributed by atoms with van der Waals surface area (Å²) in [6, 6.07) is 7.62. The third kappa shape index (κ3) is 4.90. The van der Waals surface area contributed by atoms with Crippen LogP contribution in [0.1, 0.15) is 25.3 Å². The van der Waals surface area contributed by atoms with E-state index < -0.39 is 0 Å². The predicted molar refractivity (Wildman–Crippen MR) is 85.2 cm³/mol. The van der Waals surface area contributed by atoms with Crippen LogP contribution in [0.2, 0.25) is 0 Å². The maximum atomic E-state index is 11.9. The Hall–Kier alpha value is -1.81. The van der Waals surface area contributed by atoms with Gasteiger partial charge in [0.2, 0.25) is 5.91 Å². The zero-order valence-electron chi connectivity index (χ0n) is 12.8. The third-order valence-electron chi connectivity index (χ3n) is 4.04. The summed E-state index contributed by atoms with van der Waals surface area (Å²) in [5.74, 6) is 0.779. The number of nitrogens with one attached hydrogen (secondary N) is 2. The fraction of sp³-hybridized carbons (Fsp3) is 0.471. The molecule has 2 rings (SSSR count). The molecule has 1 aliphatic rings. The molecule has 1 saturated heterocycles. The highest BCUT2D eigenvalue weighted by molar-refractivity contribution is 5.91. The number of carbonyl (C=O) groups excluding carboxylic acids is 1. The summed E-state index contributed by atoms with van der Waals surface area (Å²) >= 11 is 0. The molecule has 4 heteroatoms. The topological polar surface area (TPSA) is 50.4 Å². The van der Waals surface area contributed by atoms with Crippen molar-refractivity contribution in [2.45, 2.75) is 19.8 Å². The smallest absolute Gasteiger partial charge is 0.244 e. The van der Waals surface area contributed by atoms with E-state index in [1.54, 1.807) is 13.2 Å². The van der Waals surface area contributed by atoms with Gasteiger partial charge in [0, 0.05) is 12.6 Å². The molecule has 0 radical (unpaired) electrons. The second-order valence-electron chi connectivity index (χ2n) is 5.88. The van der Waals surface area contributed by atoms with E-state index in [1.807, 2.05) is 30.3 Å². The number of piperidine rings is 1. The average molecular weight is 288 g/mol. The van der Waals surface area contributed by atoms with Crippen LogP contribution >= 0.6 is 0 Å². The van der Waals surface area contributed by atoms with Gasteiger partial charge in [0.05, 0.1) is 7.11 Å². The summed E-state index contributed by atoms with van der Waals surface area (Å²) < 4.78 is 5.10. The molecular formula is C17H24N2O2. The summed E-state index contributed by atoms with van der Waals surface area (Å²) in [4.78, 5) is 11.9. The average Bonchev–Trinajstić information content (AvgIpc) is 2.52. The van der Waals surface area contributed by atoms with E-state index in [4.69, 9.17) is 4.74 Å². The van der Waals surface area contributed by atoms with Gasteiger partial charge in [-0.3, -0.25) is 4.79 Å². The number of benzene rings is 1. The summed E-state index contributed by atoms with van der Waals surface area (Å²) in [5.41, 5.74) is 1.20. The van der Waals surface area contributed by atoms with E-state index >= 15 is 0 Å². The van der Waals surface area contributed by atoms with Gasteiger partial charge in [-0.25, -0.2) is 0 Å². The Morgan fingerprint density at radius 2 is 2.00 bits per heavy atom. The highest BCUT2D eigenvalue weighted by Gasteiger charge is 2.26. The van der Waals surface area contributed by atoms with Crippen LogP contribution in [0.3, 0.4) is 0 Å². The molecule has 21 heavy (non-hydrogen) atoms. The Bertz CT molecular complexity index is 488. The second kappa shape index (κ2) is 7.27. The van der Waals surface area contributed by atoms with Crippen LogP contribution in [0.25, 0.3) is 6.08 Å². The standard InChI is InChI=1S/C17H24N2O2/c1-17(9-11-18-12-10-17)13-19-16(20)8-5-14-3-6-15(21-2)7-4-14/h3-8,18H,9-13H2,1-2H3,(H,19,20)/b8-5+. The van der Waals surface area contributed by atoms with Crippen LogP contribution < -0.4 is 15.4 Å². The summed E-state index contributed by atoms with van der Waals surface area (Å²) in [5, 5.41) is 6.35. The second-order valence-corrected chi connectivity index (χ2v) is 5.88. The van der Waals surface area contributed by atoms with Crippen molar-refractivity contribution in [3.05, 3.63) is 35.9 Å². The van der Waals surface area contributed by atoms with Crippen LogP contribution in [-0.4, -0.2) is 32.7 Å². The first-order valence-corrected chi connectivity index (χ1v) is 7.42. The van der Waals surface area contributed by atoms with Gasteiger partial charge in [0.25, 0.3) is 0 Å². The Balaban J connectivity index is 1.81. The van der Waals surface area contributed by atoms with Gasteiger partial charge in [-0.05, 0) is 55.1 Å². The maximum absolute atomic E-state index is 11.9. The quantitative estimate of drug-likeness (QED) is 0.817. The molecule has 0 spiro atoms. The van der Waals surface area contributed by atoms with Crippen LogP contribution in [0.15, 0.2) is 30.3 Å². The van der Waals surface area contributed by atoms with E-state index in [-0.39, 0.29) is 11.3 Å². The Morgan fingerprint density at radius 1 is 1.33 bits per heavy atom. The van der Waals surface area contributed by atoms with E-state index in [1.165, 1.54) is 0 Å². The molecule has 2 N–H and O–H groups in total. The van der Waals surface area contributed by atoms with E-state index in [0.717, 1.165) is 43.8 Å². The Labute approximate surface area is 126 Å². The highest BCUT2D eigenvalue weighted by atomic mass is 16.5. The highest BCUT2D eigenvalue weighted by Crippen LogP contribution is 2.26. The number of carbonyl (C=O) groups is 1. The van der Waals surface area contributed by atoms with Crippen LogP contribution in [0.5, 0.6) is 5.75 Å². The molecule has 0 atom stereocenters. The number of amides is 1. The van der Waals surface area contributed by atoms with Gasteiger partial charge in [-0.15, -0.1) is 0 Å². The first kappa shape index (κ1) is 15.6. The van der Waals surface area contributed by atoms with Crippen LogP contribution in [-0.2, 0) is 4.79 Å². The van der Waals surface area contributed by atoms with Crippen LogP contribution in [0, 0.1) is 5.41 Å². The monoisotopic (exact) mass is 288 g/mol. The molecule has 4 nitrogen and oxygen atoms in total. The van der Waals surface area contributed by atoms with Crippen LogP contribution in [0.4, 0.5) is 0 Å². The first-order chi connectivity index (χ1) is 10.1. The molecule has 1 amide bonds. The van der Waals surface area contributed by atoms with Gasteiger partial charge >= 0.3 is 0 Å². The number of methoxy groups -OCH3 is 1. The number of ether oxygens (including phenoxy) is 1. The molecule has 1 fully saturated rings. The van der Waals surface area contributed by atoms with Gasteiger partial charge < -0.3 is 15.4 Å². The number of hydrogen-bond acceptors (Lipinski definition) is 3. The molecule has 1 heterocycles. The van der Waals surface area contributed by atoms with Crippen molar-refractivity contribution in [1.82, 2.24) is 10.6 Å². The maximum Gasteiger partial charge on any atom is 0.244 e. The SMILES string of the molecule is COc1ccc(/C=C/C(=O)NCC2(C)CCNCC2)cc1. The molecule has 1 aliphatic heterocycles. The molecule has 114 valence electrons. The molecule has 1 aromatic rings. The van der Waals surface area contributed by atoms with Crippen molar-refractivity contribution < 1.29 is 9.53 Å². The number of hydrogen-bond donors (Lipinski definition) is 2. The van der Waals surface area contributed by atoms with Crippen molar-refractivity contribution in [3.63, 3.8) is 0 Å². The molecule has 0 bridgehead atoms. The normalized spacial score (nSPS) is 17.6. The van der Waals surface area contributed by atoms with Crippen molar-refractivity contribution in [3.8, 4) is 5.75 Å².